The highest BCUT2D eigenvalue weighted by Crippen LogP contribution is 2.30. The molecule has 0 aliphatic carbocycles. The van der Waals surface area contributed by atoms with Crippen molar-refractivity contribution in [1.29, 1.82) is 0 Å². The summed E-state index contributed by atoms with van der Waals surface area (Å²) >= 11 is 0. The van der Waals surface area contributed by atoms with Crippen LogP contribution < -0.4 is 5.32 Å². The third-order valence-electron chi connectivity index (χ3n) is 4.25. The van der Waals surface area contributed by atoms with Gasteiger partial charge in [0.2, 0.25) is 0 Å². The lowest BCUT2D eigenvalue weighted by atomic mass is 10.2. The molecule has 4 aromatic rings. The fraction of sp³-hybridized carbons (Fsp3) is 0.143. The third kappa shape index (κ3) is 3.47. The van der Waals surface area contributed by atoms with Crippen LogP contribution in [-0.4, -0.2) is 37.4 Å². The number of pyridine rings is 1. The van der Waals surface area contributed by atoms with Gasteiger partial charge in [-0.3, -0.25) is 4.57 Å². The summed E-state index contributed by atoms with van der Waals surface area (Å²) in [5, 5.41) is 22.5. The van der Waals surface area contributed by atoms with Gasteiger partial charge in [-0.2, -0.15) is 0 Å². The van der Waals surface area contributed by atoms with Crippen LogP contribution in [0, 0.1) is 0 Å². The normalized spacial score (nSPS) is 12.2. The zero-order valence-electron chi connectivity index (χ0n) is 14.9. The molecule has 1 atom stereocenters. The number of hydrogen-bond donors (Lipinski definition) is 3. The number of para-hydroxylation sites is 2. The number of nitrogens with one attached hydrogen (secondary N) is 1. The number of aliphatic hydroxyl groups is 1. The standard InChI is InChI=1S/C21H20N4O2/c1-14(26)13-23-20-12-16(9-10-22-20)25-19-8-3-2-7-18(19)24-21(25)15-5-4-6-17(27)11-15/h2-12,14,26-27H,13H2,1H3,(H,22,23)/t14-/m0/s1. The van der Waals surface area contributed by atoms with Crippen LogP contribution >= 0.6 is 0 Å². The van der Waals surface area contributed by atoms with Gasteiger partial charge in [-0.15, -0.1) is 0 Å². The van der Waals surface area contributed by atoms with E-state index in [4.69, 9.17) is 4.98 Å². The van der Waals surface area contributed by atoms with Crippen molar-refractivity contribution >= 4 is 16.9 Å². The van der Waals surface area contributed by atoms with Gasteiger partial charge in [-0.1, -0.05) is 24.3 Å². The van der Waals surface area contributed by atoms with Crippen LogP contribution in [0.3, 0.4) is 0 Å². The quantitative estimate of drug-likeness (QED) is 0.507. The van der Waals surface area contributed by atoms with Gasteiger partial charge in [-0.05, 0) is 37.3 Å². The highest BCUT2D eigenvalue weighted by Gasteiger charge is 2.15. The van der Waals surface area contributed by atoms with E-state index in [-0.39, 0.29) is 5.75 Å². The van der Waals surface area contributed by atoms with Crippen molar-refractivity contribution in [3.63, 3.8) is 0 Å². The molecule has 0 saturated heterocycles. The number of rotatable bonds is 5. The molecule has 0 aliphatic heterocycles. The molecule has 3 N–H and O–H groups in total. The summed E-state index contributed by atoms with van der Waals surface area (Å²) in [4.78, 5) is 9.10. The van der Waals surface area contributed by atoms with E-state index in [0.717, 1.165) is 28.1 Å². The van der Waals surface area contributed by atoms with Crippen molar-refractivity contribution in [3.8, 4) is 22.8 Å². The maximum atomic E-state index is 9.90. The molecule has 0 spiro atoms. The van der Waals surface area contributed by atoms with E-state index >= 15 is 0 Å². The Morgan fingerprint density at radius 1 is 1.07 bits per heavy atom. The maximum Gasteiger partial charge on any atom is 0.145 e. The summed E-state index contributed by atoms with van der Waals surface area (Å²) in [6.07, 6.45) is 1.26. The second kappa shape index (κ2) is 7.09. The van der Waals surface area contributed by atoms with Gasteiger partial charge < -0.3 is 15.5 Å². The summed E-state index contributed by atoms with van der Waals surface area (Å²) in [5.41, 5.74) is 3.54. The molecule has 2 aromatic heterocycles. The van der Waals surface area contributed by atoms with Gasteiger partial charge in [0.25, 0.3) is 0 Å². The van der Waals surface area contributed by atoms with E-state index in [2.05, 4.69) is 10.3 Å². The zero-order chi connectivity index (χ0) is 18.8. The third-order valence-corrected chi connectivity index (χ3v) is 4.25. The van der Waals surface area contributed by atoms with E-state index in [1.165, 1.54) is 0 Å². The molecule has 0 fully saturated rings. The zero-order valence-corrected chi connectivity index (χ0v) is 14.9. The molecule has 0 saturated carbocycles. The van der Waals surface area contributed by atoms with Crippen LogP contribution in [0.25, 0.3) is 28.1 Å². The Labute approximate surface area is 156 Å². The smallest absolute Gasteiger partial charge is 0.145 e. The summed E-state index contributed by atoms with van der Waals surface area (Å²) in [6, 6.07) is 18.8. The Hall–Kier alpha value is -3.38. The summed E-state index contributed by atoms with van der Waals surface area (Å²) < 4.78 is 2.04. The van der Waals surface area contributed by atoms with E-state index in [1.54, 1.807) is 31.3 Å². The molecule has 0 unspecified atom stereocenters. The van der Waals surface area contributed by atoms with Crippen molar-refractivity contribution in [1.82, 2.24) is 14.5 Å². The summed E-state index contributed by atoms with van der Waals surface area (Å²) in [5.74, 6) is 1.60. The topological polar surface area (TPSA) is 83.2 Å². The molecule has 0 aliphatic rings. The van der Waals surface area contributed by atoms with Crippen molar-refractivity contribution in [3.05, 3.63) is 66.9 Å². The molecule has 0 amide bonds. The van der Waals surface area contributed by atoms with E-state index in [0.29, 0.717) is 12.4 Å². The first-order chi connectivity index (χ1) is 13.1. The Morgan fingerprint density at radius 2 is 1.93 bits per heavy atom. The van der Waals surface area contributed by atoms with Crippen LogP contribution in [0.4, 0.5) is 5.82 Å². The molecule has 0 radical (unpaired) electrons. The second-order valence-electron chi connectivity index (χ2n) is 6.44. The van der Waals surface area contributed by atoms with Gasteiger partial charge in [0.1, 0.15) is 17.4 Å². The summed E-state index contributed by atoms with van der Waals surface area (Å²) in [7, 11) is 0. The number of nitrogens with zero attached hydrogens (tertiary/aromatic N) is 3. The lowest BCUT2D eigenvalue weighted by molar-refractivity contribution is 0.208. The predicted molar refractivity (Wildman–Crippen MR) is 106 cm³/mol. The van der Waals surface area contributed by atoms with Gasteiger partial charge in [0.05, 0.1) is 22.8 Å². The Kier molecular flexibility index (Phi) is 4.48. The number of phenolic OH excluding ortho intramolecular Hbond substituents is 1. The summed E-state index contributed by atoms with van der Waals surface area (Å²) in [6.45, 7) is 2.14. The number of benzene rings is 2. The van der Waals surface area contributed by atoms with E-state index in [9.17, 15) is 10.2 Å². The number of anilines is 1. The van der Waals surface area contributed by atoms with Crippen molar-refractivity contribution in [2.45, 2.75) is 13.0 Å². The number of imidazole rings is 1. The van der Waals surface area contributed by atoms with Crippen LogP contribution in [0.5, 0.6) is 5.75 Å². The fourth-order valence-corrected chi connectivity index (χ4v) is 3.03. The van der Waals surface area contributed by atoms with Crippen molar-refractivity contribution in [2.75, 3.05) is 11.9 Å². The highest BCUT2D eigenvalue weighted by molar-refractivity contribution is 5.83. The number of aromatic hydroxyl groups is 1. The molecule has 6 nitrogen and oxygen atoms in total. The molecule has 4 rings (SSSR count). The molecule has 0 bridgehead atoms. The Morgan fingerprint density at radius 3 is 2.74 bits per heavy atom. The van der Waals surface area contributed by atoms with E-state index in [1.807, 2.05) is 47.0 Å². The average Bonchev–Trinajstić information content (AvgIpc) is 3.06. The first-order valence-corrected chi connectivity index (χ1v) is 8.77. The van der Waals surface area contributed by atoms with Crippen LogP contribution in [0.15, 0.2) is 66.9 Å². The Balaban J connectivity index is 1.88. The number of aromatic nitrogens is 3. The Bertz CT molecular complexity index is 1090. The maximum absolute atomic E-state index is 9.90. The lowest BCUT2D eigenvalue weighted by Crippen LogP contribution is -2.16. The number of phenols is 1. The van der Waals surface area contributed by atoms with Crippen molar-refractivity contribution < 1.29 is 10.2 Å². The van der Waals surface area contributed by atoms with Crippen LogP contribution in [0.2, 0.25) is 0 Å². The first kappa shape index (κ1) is 17.1. The number of hydrogen-bond acceptors (Lipinski definition) is 5. The molecular formula is C21H20N4O2. The van der Waals surface area contributed by atoms with Crippen molar-refractivity contribution in [2.24, 2.45) is 0 Å². The molecule has 6 heteroatoms. The monoisotopic (exact) mass is 360 g/mol. The number of aliphatic hydroxyl groups excluding tert-OH is 1. The molecular weight excluding hydrogens is 340 g/mol. The first-order valence-electron chi connectivity index (χ1n) is 8.77. The molecule has 27 heavy (non-hydrogen) atoms. The fourth-order valence-electron chi connectivity index (χ4n) is 3.03. The minimum atomic E-state index is -0.465. The SMILES string of the molecule is C[C@H](O)CNc1cc(-n2c(-c3cccc(O)c3)nc3ccccc32)ccn1. The van der Waals surface area contributed by atoms with Gasteiger partial charge in [0, 0.05) is 24.4 Å². The second-order valence-corrected chi connectivity index (χ2v) is 6.44. The minimum Gasteiger partial charge on any atom is -0.508 e. The van der Waals surface area contributed by atoms with Crippen LogP contribution in [0.1, 0.15) is 6.92 Å². The van der Waals surface area contributed by atoms with Gasteiger partial charge >= 0.3 is 0 Å². The minimum absolute atomic E-state index is 0.195. The molecule has 2 aromatic carbocycles. The highest BCUT2D eigenvalue weighted by atomic mass is 16.3. The molecule has 2 heterocycles. The lowest BCUT2D eigenvalue weighted by Gasteiger charge is -2.12. The van der Waals surface area contributed by atoms with Gasteiger partial charge in [-0.25, -0.2) is 9.97 Å². The predicted octanol–water partition coefficient (Wildman–Crippen LogP) is 3.59. The van der Waals surface area contributed by atoms with Gasteiger partial charge in [0.15, 0.2) is 0 Å². The molecule has 136 valence electrons. The number of fused-ring (bicyclic) bond motifs is 1. The van der Waals surface area contributed by atoms with E-state index < -0.39 is 6.10 Å². The van der Waals surface area contributed by atoms with Crippen LogP contribution in [-0.2, 0) is 0 Å². The largest absolute Gasteiger partial charge is 0.508 e. The average molecular weight is 360 g/mol.